The molecule has 0 aromatic carbocycles. The van der Waals surface area contributed by atoms with Crippen molar-refractivity contribution < 1.29 is 9.31 Å². The average molecular weight is 366 g/mol. The Morgan fingerprint density at radius 1 is 1.20 bits per heavy atom. The van der Waals surface area contributed by atoms with E-state index in [9.17, 15) is 4.79 Å². The Kier molecular flexibility index (Phi) is 5.56. The first kappa shape index (κ1) is 20.6. The van der Waals surface area contributed by atoms with Crippen molar-refractivity contribution in [3.8, 4) is 0 Å². The summed E-state index contributed by atoms with van der Waals surface area (Å²) in [5.74, 6) is 0. The summed E-state index contributed by atoms with van der Waals surface area (Å²) >= 11 is 1.66. The van der Waals surface area contributed by atoms with E-state index in [4.69, 9.17) is 9.31 Å². The second-order valence-corrected chi connectivity index (χ2v) is 10.4. The molecular formula is C18H31BN2O3S. The Morgan fingerprint density at radius 3 is 2.20 bits per heavy atom. The van der Waals surface area contributed by atoms with E-state index in [0.29, 0.717) is 0 Å². The summed E-state index contributed by atoms with van der Waals surface area (Å²) in [6.45, 7) is 16.6. The highest BCUT2D eigenvalue weighted by molar-refractivity contribution is 7.98. The van der Waals surface area contributed by atoms with E-state index in [1.54, 1.807) is 29.6 Å². The van der Waals surface area contributed by atoms with Crippen molar-refractivity contribution in [1.82, 2.24) is 9.29 Å². The van der Waals surface area contributed by atoms with Crippen LogP contribution >= 0.6 is 11.9 Å². The van der Waals surface area contributed by atoms with E-state index < -0.39 is 18.3 Å². The average Bonchev–Trinajstić information content (AvgIpc) is 2.66. The maximum atomic E-state index is 12.2. The van der Waals surface area contributed by atoms with Gasteiger partial charge in [-0.05, 0) is 61.0 Å². The zero-order chi connectivity index (χ0) is 19.2. The number of aromatic nitrogens is 1. The standard InChI is InChI=1S/C18H31BN2O3S/c1-12(20-25-16(2,3)4)13-10-15(22)21(9)11-14(13)19-23-17(5,6)18(7,8)24-19/h10-12,20H,1-9H3. The number of aryl methyl sites for hydroxylation is 1. The summed E-state index contributed by atoms with van der Waals surface area (Å²) in [5, 5.41) is 0. The highest BCUT2D eigenvalue weighted by Gasteiger charge is 2.52. The maximum absolute atomic E-state index is 12.2. The van der Waals surface area contributed by atoms with Crippen molar-refractivity contribution in [3.63, 3.8) is 0 Å². The molecule has 7 heteroatoms. The zero-order valence-electron chi connectivity index (χ0n) is 16.9. The van der Waals surface area contributed by atoms with Gasteiger partial charge in [-0.15, -0.1) is 0 Å². The van der Waals surface area contributed by atoms with Crippen molar-refractivity contribution in [3.05, 3.63) is 28.2 Å². The lowest BCUT2D eigenvalue weighted by molar-refractivity contribution is 0.00578. The Morgan fingerprint density at radius 2 is 1.72 bits per heavy atom. The van der Waals surface area contributed by atoms with Gasteiger partial charge < -0.3 is 13.9 Å². The summed E-state index contributed by atoms with van der Waals surface area (Å²) in [6.07, 6.45) is 1.83. The molecule has 1 saturated heterocycles. The summed E-state index contributed by atoms with van der Waals surface area (Å²) in [7, 11) is 1.26. The van der Waals surface area contributed by atoms with Gasteiger partial charge in [0.15, 0.2) is 0 Å². The Bertz CT molecular complexity index is 679. The zero-order valence-corrected chi connectivity index (χ0v) is 17.7. The molecule has 0 saturated carbocycles. The van der Waals surface area contributed by atoms with E-state index in [0.717, 1.165) is 11.0 Å². The van der Waals surface area contributed by atoms with E-state index in [1.165, 1.54) is 0 Å². The van der Waals surface area contributed by atoms with Gasteiger partial charge in [-0.1, -0.05) is 11.9 Å². The third-order valence-corrected chi connectivity index (χ3v) is 5.89. The van der Waals surface area contributed by atoms with Crippen molar-refractivity contribution in [2.75, 3.05) is 0 Å². The second kappa shape index (κ2) is 6.76. The Hall–Kier alpha value is -0.755. The molecule has 0 spiro atoms. The molecule has 1 aliphatic heterocycles. The van der Waals surface area contributed by atoms with Crippen LogP contribution in [0.5, 0.6) is 0 Å². The first-order chi connectivity index (χ1) is 11.2. The molecule has 1 aliphatic rings. The first-order valence-electron chi connectivity index (χ1n) is 8.73. The van der Waals surface area contributed by atoms with Gasteiger partial charge in [0.1, 0.15) is 0 Å². The van der Waals surface area contributed by atoms with Gasteiger partial charge in [-0.3, -0.25) is 9.52 Å². The van der Waals surface area contributed by atoms with Gasteiger partial charge in [0.2, 0.25) is 0 Å². The predicted octanol–water partition coefficient (Wildman–Crippen LogP) is 2.78. The molecule has 25 heavy (non-hydrogen) atoms. The van der Waals surface area contributed by atoms with Crippen LogP contribution in [0.25, 0.3) is 0 Å². The first-order valence-corrected chi connectivity index (χ1v) is 9.55. The number of nitrogens with one attached hydrogen (secondary N) is 1. The van der Waals surface area contributed by atoms with Crippen LogP contribution in [0.3, 0.4) is 0 Å². The minimum Gasteiger partial charge on any atom is -0.399 e. The van der Waals surface area contributed by atoms with Gasteiger partial charge in [-0.2, -0.15) is 0 Å². The van der Waals surface area contributed by atoms with Crippen LogP contribution in [-0.2, 0) is 16.4 Å². The van der Waals surface area contributed by atoms with Gasteiger partial charge >= 0.3 is 7.12 Å². The third kappa shape index (κ3) is 4.51. The van der Waals surface area contributed by atoms with Crippen molar-refractivity contribution >= 4 is 24.5 Å². The van der Waals surface area contributed by atoms with Crippen LogP contribution in [0.15, 0.2) is 17.1 Å². The summed E-state index contributed by atoms with van der Waals surface area (Å²) in [5.41, 5.74) is 0.944. The normalized spacial score (nSPS) is 20.8. The number of hydrogen-bond acceptors (Lipinski definition) is 5. The molecule has 0 bridgehead atoms. The predicted molar refractivity (Wildman–Crippen MR) is 106 cm³/mol. The van der Waals surface area contributed by atoms with E-state index in [1.807, 2.05) is 33.9 Å². The summed E-state index contributed by atoms with van der Waals surface area (Å²) in [4.78, 5) is 12.2. The fourth-order valence-corrected chi connectivity index (χ4v) is 3.19. The van der Waals surface area contributed by atoms with Crippen molar-refractivity contribution in [1.29, 1.82) is 0 Å². The topological polar surface area (TPSA) is 52.5 Å². The molecular weight excluding hydrogens is 335 g/mol. The molecule has 5 nitrogen and oxygen atoms in total. The number of pyridine rings is 1. The molecule has 1 N–H and O–H groups in total. The monoisotopic (exact) mass is 366 g/mol. The Balaban J connectivity index is 2.38. The lowest BCUT2D eigenvalue weighted by Gasteiger charge is -2.32. The molecule has 1 fully saturated rings. The van der Waals surface area contributed by atoms with Crippen molar-refractivity contribution in [2.45, 2.75) is 77.4 Å². The molecule has 1 atom stereocenters. The van der Waals surface area contributed by atoms with E-state index in [-0.39, 0.29) is 16.3 Å². The molecule has 1 aromatic rings. The van der Waals surface area contributed by atoms with Crippen LogP contribution in [0.4, 0.5) is 0 Å². The quantitative estimate of drug-likeness (QED) is 0.656. The molecule has 0 radical (unpaired) electrons. The summed E-state index contributed by atoms with van der Waals surface area (Å²) < 4.78 is 17.5. The van der Waals surface area contributed by atoms with Crippen LogP contribution in [-0.4, -0.2) is 27.6 Å². The number of rotatable bonds is 4. The van der Waals surface area contributed by atoms with Gasteiger partial charge in [-0.25, -0.2) is 0 Å². The molecule has 1 unspecified atom stereocenters. The number of nitrogens with zero attached hydrogens (tertiary/aromatic N) is 1. The lowest BCUT2D eigenvalue weighted by Crippen LogP contribution is -2.41. The fourth-order valence-electron chi connectivity index (χ4n) is 2.54. The largest absolute Gasteiger partial charge is 0.496 e. The Labute approximate surface area is 156 Å². The van der Waals surface area contributed by atoms with Gasteiger partial charge in [0.05, 0.1) is 11.2 Å². The second-order valence-electron chi connectivity index (χ2n) is 8.78. The molecule has 140 valence electrons. The smallest absolute Gasteiger partial charge is 0.399 e. The van der Waals surface area contributed by atoms with Gasteiger partial charge in [0, 0.05) is 35.6 Å². The van der Waals surface area contributed by atoms with Crippen molar-refractivity contribution in [2.24, 2.45) is 7.05 Å². The molecule has 2 rings (SSSR count). The number of hydrogen-bond donors (Lipinski definition) is 1. The molecule has 0 amide bonds. The van der Waals surface area contributed by atoms with E-state index in [2.05, 4.69) is 32.4 Å². The van der Waals surface area contributed by atoms with Gasteiger partial charge in [0.25, 0.3) is 5.56 Å². The van der Waals surface area contributed by atoms with Crippen LogP contribution in [0.1, 0.15) is 67.0 Å². The highest BCUT2D eigenvalue weighted by atomic mass is 32.2. The fraction of sp³-hybridized carbons (Fsp3) is 0.722. The SMILES string of the molecule is CC(NSC(C)(C)C)c1cc(=O)n(C)cc1B1OC(C)(C)C(C)(C)O1. The molecule has 0 aliphatic carbocycles. The van der Waals surface area contributed by atoms with E-state index >= 15 is 0 Å². The molecule has 2 heterocycles. The van der Waals surface area contributed by atoms with Crippen LogP contribution < -0.4 is 15.7 Å². The maximum Gasteiger partial charge on any atom is 0.496 e. The molecule has 1 aromatic heterocycles. The lowest BCUT2D eigenvalue weighted by atomic mass is 9.75. The third-order valence-electron chi connectivity index (χ3n) is 4.81. The minimum absolute atomic E-state index is 0.00727. The van der Waals surface area contributed by atoms with Crippen LogP contribution in [0.2, 0.25) is 0 Å². The highest BCUT2D eigenvalue weighted by Crippen LogP contribution is 2.37. The van der Waals surface area contributed by atoms with Crippen LogP contribution in [0, 0.1) is 0 Å². The summed E-state index contributed by atoms with van der Waals surface area (Å²) in [6, 6.07) is 1.67. The minimum atomic E-state index is -0.490.